The van der Waals surface area contributed by atoms with E-state index in [9.17, 15) is 9.59 Å². The van der Waals surface area contributed by atoms with Crippen LogP contribution in [0.25, 0.3) is 11.0 Å². The second kappa shape index (κ2) is 7.38. The molecule has 1 fully saturated rings. The molecule has 0 aliphatic heterocycles. The Morgan fingerprint density at radius 2 is 1.89 bits per heavy atom. The molecule has 6 heteroatoms. The van der Waals surface area contributed by atoms with Gasteiger partial charge in [-0.3, -0.25) is 4.79 Å². The van der Waals surface area contributed by atoms with Crippen LogP contribution in [0, 0.1) is 6.92 Å². The van der Waals surface area contributed by atoms with Crippen molar-refractivity contribution in [3.05, 3.63) is 65.4 Å². The van der Waals surface area contributed by atoms with Crippen molar-refractivity contribution in [2.24, 2.45) is 0 Å². The number of aryl methyl sites for hydroxylation is 1. The van der Waals surface area contributed by atoms with E-state index >= 15 is 0 Å². The van der Waals surface area contributed by atoms with Crippen LogP contribution in [0.5, 0.6) is 0 Å². The molecule has 0 radical (unpaired) electrons. The van der Waals surface area contributed by atoms with Crippen LogP contribution in [-0.4, -0.2) is 18.0 Å². The summed E-state index contributed by atoms with van der Waals surface area (Å²) < 4.78 is 5.80. The summed E-state index contributed by atoms with van der Waals surface area (Å²) in [7, 11) is 0. The Labute approximate surface area is 163 Å². The molecule has 1 heterocycles. The van der Waals surface area contributed by atoms with Gasteiger partial charge in [0.05, 0.1) is 6.04 Å². The third kappa shape index (κ3) is 4.01. The Morgan fingerprint density at radius 3 is 2.64 bits per heavy atom. The highest BCUT2D eigenvalue weighted by atomic mass is 16.3. The Morgan fingerprint density at radius 1 is 1.11 bits per heavy atom. The van der Waals surface area contributed by atoms with Crippen molar-refractivity contribution >= 4 is 28.6 Å². The van der Waals surface area contributed by atoms with Crippen LogP contribution in [0.15, 0.2) is 52.9 Å². The van der Waals surface area contributed by atoms with Crippen LogP contribution in [0.4, 0.5) is 10.5 Å². The van der Waals surface area contributed by atoms with Gasteiger partial charge in [-0.15, -0.1) is 0 Å². The summed E-state index contributed by atoms with van der Waals surface area (Å²) in [6.07, 6.45) is 2.07. The van der Waals surface area contributed by atoms with Crippen molar-refractivity contribution in [2.45, 2.75) is 38.8 Å². The molecular weight excluding hydrogens is 354 g/mol. The fraction of sp³-hybridized carbons (Fsp3) is 0.273. The van der Waals surface area contributed by atoms with E-state index in [0.717, 1.165) is 29.4 Å². The summed E-state index contributed by atoms with van der Waals surface area (Å²) in [6.45, 7) is 3.75. The number of amides is 3. The Hall–Kier alpha value is -3.28. The van der Waals surface area contributed by atoms with Crippen LogP contribution < -0.4 is 16.0 Å². The molecule has 1 aliphatic rings. The maximum atomic E-state index is 12.5. The summed E-state index contributed by atoms with van der Waals surface area (Å²) in [5.41, 5.74) is 2.82. The van der Waals surface area contributed by atoms with Gasteiger partial charge >= 0.3 is 6.03 Å². The van der Waals surface area contributed by atoms with E-state index < -0.39 is 0 Å². The van der Waals surface area contributed by atoms with Gasteiger partial charge in [-0.05, 0) is 56.5 Å². The molecule has 0 bridgehead atoms. The zero-order chi connectivity index (χ0) is 19.7. The second-order valence-corrected chi connectivity index (χ2v) is 7.28. The minimum absolute atomic E-state index is 0.110. The number of fused-ring (bicyclic) bond motifs is 1. The second-order valence-electron chi connectivity index (χ2n) is 7.28. The van der Waals surface area contributed by atoms with Gasteiger partial charge in [0.25, 0.3) is 5.91 Å². The maximum absolute atomic E-state index is 12.5. The number of urea groups is 1. The molecule has 1 saturated carbocycles. The first kappa shape index (κ1) is 18.1. The Balaban J connectivity index is 1.43. The van der Waals surface area contributed by atoms with Crippen LogP contribution in [0.1, 0.15) is 47.5 Å². The Kier molecular flexibility index (Phi) is 4.77. The largest absolute Gasteiger partial charge is 0.459 e. The molecule has 1 unspecified atom stereocenters. The Bertz CT molecular complexity index is 1000. The average Bonchev–Trinajstić information content (AvgIpc) is 3.37. The number of furan rings is 1. The van der Waals surface area contributed by atoms with E-state index in [4.69, 9.17) is 4.42 Å². The van der Waals surface area contributed by atoms with E-state index in [2.05, 4.69) is 16.0 Å². The summed E-state index contributed by atoms with van der Waals surface area (Å²) in [5, 5.41) is 9.67. The smallest absolute Gasteiger partial charge is 0.319 e. The molecule has 0 spiro atoms. The minimum atomic E-state index is -0.351. The molecule has 1 aromatic heterocycles. The van der Waals surface area contributed by atoms with Crippen molar-refractivity contribution in [2.75, 3.05) is 5.32 Å². The van der Waals surface area contributed by atoms with Crippen LogP contribution >= 0.6 is 0 Å². The monoisotopic (exact) mass is 377 g/mol. The van der Waals surface area contributed by atoms with Crippen molar-refractivity contribution in [1.82, 2.24) is 10.6 Å². The quantitative estimate of drug-likeness (QED) is 0.611. The van der Waals surface area contributed by atoms with Gasteiger partial charge in [-0.2, -0.15) is 0 Å². The molecular formula is C22H23N3O3. The first-order valence-electron chi connectivity index (χ1n) is 9.47. The van der Waals surface area contributed by atoms with Gasteiger partial charge in [-0.25, -0.2) is 4.79 Å². The molecule has 28 heavy (non-hydrogen) atoms. The SMILES string of the molecule is Cc1ccc(C(=O)NC2CC2)cc1NC(=O)NC(C)c1cc2ccccc2o1. The highest BCUT2D eigenvalue weighted by molar-refractivity contribution is 5.97. The fourth-order valence-corrected chi connectivity index (χ4v) is 3.04. The number of para-hydroxylation sites is 1. The molecule has 2 aromatic carbocycles. The van der Waals surface area contributed by atoms with Crippen molar-refractivity contribution in [1.29, 1.82) is 0 Å². The number of hydrogen-bond donors (Lipinski definition) is 3. The topological polar surface area (TPSA) is 83.4 Å². The number of carbonyl (C=O) groups is 2. The summed E-state index contributed by atoms with van der Waals surface area (Å²) in [4.78, 5) is 24.7. The van der Waals surface area contributed by atoms with E-state index in [0.29, 0.717) is 17.0 Å². The lowest BCUT2D eigenvalue weighted by Crippen LogP contribution is -2.31. The number of hydrogen-bond acceptors (Lipinski definition) is 3. The summed E-state index contributed by atoms with van der Waals surface area (Å²) in [6, 6.07) is 14.6. The molecule has 1 aliphatic carbocycles. The number of anilines is 1. The zero-order valence-corrected chi connectivity index (χ0v) is 15.9. The van der Waals surface area contributed by atoms with Gasteiger partial charge in [0.15, 0.2) is 0 Å². The molecule has 3 amide bonds. The fourth-order valence-electron chi connectivity index (χ4n) is 3.04. The van der Waals surface area contributed by atoms with Gasteiger partial charge in [-0.1, -0.05) is 24.3 Å². The third-order valence-electron chi connectivity index (χ3n) is 4.88. The lowest BCUT2D eigenvalue weighted by Gasteiger charge is -2.14. The standard InChI is InChI=1S/C22H23N3O3/c1-13-7-8-16(21(26)24-17-9-10-17)11-18(13)25-22(27)23-14(2)20-12-15-5-3-4-6-19(15)28-20/h3-8,11-12,14,17H,9-10H2,1-2H3,(H,24,26)(H2,23,25,27). The number of benzene rings is 2. The van der Waals surface area contributed by atoms with Crippen molar-refractivity contribution in [3.63, 3.8) is 0 Å². The highest BCUT2D eigenvalue weighted by Gasteiger charge is 2.24. The lowest BCUT2D eigenvalue weighted by atomic mass is 10.1. The maximum Gasteiger partial charge on any atom is 0.319 e. The predicted molar refractivity (Wildman–Crippen MR) is 108 cm³/mol. The first-order chi connectivity index (χ1) is 13.5. The molecule has 4 rings (SSSR count). The molecule has 6 nitrogen and oxygen atoms in total. The number of rotatable bonds is 5. The summed E-state index contributed by atoms with van der Waals surface area (Å²) >= 11 is 0. The molecule has 3 N–H and O–H groups in total. The average molecular weight is 377 g/mol. The third-order valence-corrected chi connectivity index (χ3v) is 4.88. The normalized spacial score (nSPS) is 14.5. The van der Waals surface area contributed by atoms with Crippen molar-refractivity contribution < 1.29 is 14.0 Å². The van der Waals surface area contributed by atoms with Gasteiger partial charge < -0.3 is 20.4 Å². The number of carbonyl (C=O) groups excluding carboxylic acids is 2. The van der Waals surface area contributed by atoms with E-state index in [-0.39, 0.29) is 24.0 Å². The zero-order valence-electron chi connectivity index (χ0n) is 15.9. The van der Waals surface area contributed by atoms with E-state index in [1.54, 1.807) is 12.1 Å². The lowest BCUT2D eigenvalue weighted by molar-refractivity contribution is 0.0951. The highest BCUT2D eigenvalue weighted by Crippen LogP contribution is 2.24. The predicted octanol–water partition coefficient (Wildman–Crippen LogP) is 4.52. The van der Waals surface area contributed by atoms with Crippen LogP contribution in [0.2, 0.25) is 0 Å². The van der Waals surface area contributed by atoms with Gasteiger partial charge in [0.1, 0.15) is 11.3 Å². The van der Waals surface area contributed by atoms with Gasteiger partial charge in [0.2, 0.25) is 0 Å². The molecule has 3 aromatic rings. The minimum Gasteiger partial charge on any atom is -0.459 e. The number of nitrogens with one attached hydrogen (secondary N) is 3. The van der Waals surface area contributed by atoms with Crippen LogP contribution in [0.3, 0.4) is 0 Å². The van der Waals surface area contributed by atoms with Gasteiger partial charge in [0, 0.05) is 22.7 Å². The summed E-state index contributed by atoms with van der Waals surface area (Å²) in [5.74, 6) is 0.576. The molecule has 1 atom stereocenters. The molecule has 0 saturated heterocycles. The van der Waals surface area contributed by atoms with E-state index in [1.807, 2.05) is 50.2 Å². The van der Waals surface area contributed by atoms with Crippen molar-refractivity contribution in [3.8, 4) is 0 Å². The van der Waals surface area contributed by atoms with Crippen LogP contribution in [-0.2, 0) is 0 Å². The molecule has 144 valence electrons. The first-order valence-corrected chi connectivity index (χ1v) is 9.47. The van der Waals surface area contributed by atoms with E-state index in [1.165, 1.54) is 0 Å².